The summed E-state index contributed by atoms with van der Waals surface area (Å²) in [4.78, 5) is 0. The van der Waals surface area contributed by atoms with Gasteiger partial charge in [-0.05, 0) is 51.9 Å². The first-order valence-electron chi connectivity index (χ1n) is 10.7. The van der Waals surface area contributed by atoms with Crippen LogP contribution in [0.3, 0.4) is 0 Å². The van der Waals surface area contributed by atoms with Crippen LogP contribution in [0.15, 0.2) is 9.66 Å². The van der Waals surface area contributed by atoms with Crippen LogP contribution in [0.1, 0.15) is 129 Å². The van der Waals surface area contributed by atoms with Crippen molar-refractivity contribution < 1.29 is 0 Å². The minimum Gasteiger partial charge on any atom is -0.0752 e. The molecule has 0 fully saturated rings. The molecule has 0 aliphatic carbocycles. The molecule has 23 heavy (non-hydrogen) atoms. The van der Waals surface area contributed by atoms with Gasteiger partial charge < -0.3 is 0 Å². The highest BCUT2D eigenvalue weighted by Gasteiger charge is 1.95. The van der Waals surface area contributed by atoms with Crippen LogP contribution >= 0.6 is 22.6 Å². The van der Waals surface area contributed by atoms with E-state index >= 15 is 0 Å². The van der Waals surface area contributed by atoms with E-state index in [-0.39, 0.29) is 0 Å². The lowest BCUT2D eigenvalue weighted by Gasteiger charge is -2.03. The highest BCUT2D eigenvalue weighted by molar-refractivity contribution is 14.1. The molecule has 0 aliphatic rings. The largest absolute Gasteiger partial charge is 0.0752 e. The second-order valence-electron chi connectivity index (χ2n) is 7.14. The van der Waals surface area contributed by atoms with Gasteiger partial charge in [0, 0.05) is 0 Å². The van der Waals surface area contributed by atoms with E-state index in [1.807, 2.05) is 0 Å². The van der Waals surface area contributed by atoms with E-state index in [0.29, 0.717) is 0 Å². The maximum atomic E-state index is 2.54. The number of hydrogen-bond acceptors (Lipinski definition) is 0. The molecule has 0 aromatic carbocycles. The summed E-state index contributed by atoms with van der Waals surface area (Å²) in [7, 11) is 0. The van der Waals surface area contributed by atoms with Gasteiger partial charge in [-0.2, -0.15) is 0 Å². The molecule has 0 radical (unpaired) electrons. The Bertz CT molecular complexity index is 244. The van der Waals surface area contributed by atoms with E-state index in [4.69, 9.17) is 0 Å². The molecule has 0 rings (SSSR count). The molecule has 0 nitrogen and oxygen atoms in total. The van der Waals surface area contributed by atoms with Crippen molar-refractivity contribution in [3.8, 4) is 0 Å². The van der Waals surface area contributed by atoms with Crippen molar-refractivity contribution in [1.82, 2.24) is 0 Å². The lowest BCUT2D eigenvalue weighted by molar-refractivity contribution is 0.540. The van der Waals surface area contributed by atoms with Crippen LogP contribution < -0.4 is 0 Å². The summed E-state index contributed by atoms with van der Waals surface area (Å²) in [6.45, 7) is 4.58. The van der Waals surface area contributed by atoms with Crippen LogP contribution in [0.25, 0.3) is 0 Å². The molecule has 0 aromatic heterocycles. The van der Waals surface area contributed by atoms with Crippen LogP contribution in [0.2, 0.25) is 0 Å². The van der Waals surface area contributed by atoms with Gasteiger partial charge in [-0.1, -0.05) is 110 Å². The maximum absolute atomic E-state index is 2.54. The molecule has 0 aromatic rings. The number of unbranched alkanes of at least 4 members (excludes halogenated alkanes) is 15. The predicted molar refractivity (Wildman–Crippen MR) is 117 cm³/mol. The summed E-state index contributed by atoms with van der Waals surface area (Å²) >= 11 is 2.54. The molecule has 0 N–H and O–H groups in total. The molecular weight excluding hydrogens is 391 g/mol. The van der Waals surface area contributed by atoms with Gasteiger partial charge in [0.25, 0.3) is 0 Å². The van der Waals surface area contributed by atoms with Crippen molar-refractivity contribution in [2.24, 2.45) is 0 Å². The molecule has 0 aliphatic heterocycles. The Morgan fingerprint density at radius 1 is 0.565 bits per heavy atom. The molecular formula is C22H43I. The van der Waals surface area contributed by atoms with Crippen molar-refractivity contribution >= 4 is 22.6 Å². The molecule has 0 bridgehead atoms. The Kier molecular flexibility index (Phi) is 20.9. The van der Waals surface area contributed by atoms with Gasteiger partial charge in [0.2, 0.25) is 0 Å². The minimum atomic E-state index is 1.31. The van der Waals surface area contributed by atoms with Crippen LogP contribution in [0, 0.1) is 0 Å². The average Bonchev–Trinajstić information content (AvgIpc) is 2.55. The number of hydrogen-bond donors (Lipinski definition) is 0. The molecule has 0 spiro atoms. The number of halogens is 1. The first kappa shape index (κ1) is 23.5. The van der Waals surface area contributed by atoms with Crippen molar-refractivity contribution in [2.45, 2.75) is 129 Å². The summed E-state index contributed by atoms with van der Waals surface area (Å²) in [5.74, 6) is 0. The van der Waals surface area contributed by atoms with Gasteiger partial charge in [0.15, 0.2) is 0 Å². The van der Waals surface area contributed by atoms with Crippen molar-refractivity contribution in [1.29, 1.82) is 0 Å². The van der Waals surface area contributed by atoms with Crippen molar-refractivity contribution in [3.63, 3.8) is 0 Å². The quantitative estimate of drug-likeness (QED) is 0.149. The van der Waals surface area contributed by atoms with Crippen LogP contribution in [-0.4, -0.2) is 0 Å². The van der Waals surface area contributed by atoms with Crippen LogP contribution in [0.4, 0.5) is 0 Å². The molecule has 0 heterocycles. The standard InChI is InChI=1S/C22H43I/c1-3-5-7-8-9-10-11-12-13-14-15-16-17-19-21-22(23)20-18-6-4-2/h21H,3-20H2,1-2H3/b22-21-. The van der Waals surface area contributed by atoms with E-state index in [1.165, 1.54) is 116 Å². The zero-order valence-electron chi connectivity index (χ0n) is 16.2. The van der Waals surface area contributed by atoms with Gasteiger partial charge >= 0.3 is 0 Å². The average molecular weight is 434 g/mol. The normalized spacial score (nSPS) is 12.0. The summed E-state index contributed by atoms with van der Waals surface area (Å²) in [5.41, 5.74) is 0. The fourth-order valence-electron chi connectivity index (χ4n) is 3.07. The Morgan fingerprint density at radius 3 is 1.43 bits per heavy atom. The second kappa shape index (κ2) is 20.5. The first-order chi connectivity index (χ1) is 11.3. The zero-order chi connectivity index (χ0) is 17.0. The van der Waals surface area contributed by atoms with Gasteiger partial charge in [0.1, 0.15) is 0 Å². The Morgan fingerprint density at radius 2 is 0.957 bits per heavy atom. The van der Waals surface area contributed by atoms with Gasteiger partial charge in [0.05, 0.1) is 0 Å². The maximum Gasteiger partial charge on any atom is -0.0134 e. The zero-order valence-corrected chi connectivity index (χ0v) is 18.3. The van der Waals surface area contributed by atoms with Crippen molar-refractivity contribution in [3.05, 3.63) is 9.66 Å². The monoisotopic (exact) mass is 434 g/mol. The molecule has 0 unspecified atom stereocenters. The number of rotatable bonds is 18. The molecule has 0 amide bonds. The second-order valence-corrected chi connectivity index (χ2v) is 8.53. The summed E-state index contributed by atoms with van der Waals surface area (Å²) in [6.07, 6.45) is 28.1. The van der Waals surface area contributed by atoms with E-state index in [0.717, 1.165) is 0 Å². The van der Waals surface area contributed by atoms with Gasteiger partial charge in [-0.3, -0.25) is 0 Å². The SMILES string of the molecule is CCCCCCCCCCCCCCC/C=C(\I)CCCCC. The molecule has 0 saturated heterocycles. The first-order valence-corrected chi connectivity index (χ1v) is 11.7. The lowest BCUT2D eigenvalue weighted by Crippen LogP contribution is -1.83. The molecule has 0 saturated carbocycles. The smallest absolute Gasteiger partial charge is 0.0134 e. The minimum absolute atomic E-state index is 1.31. The lowest BCUT2D eigenvalue weighted by atomic mass is 10.0. The topological polar surface area (TPSA) is 0 Å². The van der Waals surface area contributed by atoms with Gasteiger partial charge in [-0.15, -0.1) is 0 Å². The highest BCUT2D eigenvalue weighted by Crippen LogP contribution is 2.18. The Hall–Kier alpha value is 0.470. The van der Waals surface area contributed by atoms with Crippen LogP contribution in [0.5, 0.6) is 0 Å². The predicted octanol–water partition coefficient (Wildman–Crippen LogP) is 9.37. The summed E-state index contributed by atoms with van der Waals surface area (Å²) in [6, 6.07) is 0. The van der Waals surface area contributed by atoms with Crippen LogP contribution in [-0.2, 0) is 0 Å². The third kappa shape index (κ3) is 20.4. The van der Waals surface area contributed by atoms with E-state index in [1.54, 1.807) is 3.58 Å². The summed E-state index contributed by atoms with van der Waals surface area (Å²) < 4.78 is 1.59. The Balaban J connectivity index is 3.14. The third-order valence-corrected chi connectivity index (χ3v) is 5.67. The fourth-order valence-corrected chi connectivity index (χ4v) is 3.76. The Labute approximate surface area is 161 Å². The highest BCUT2D eigenvalue weighted by atomic mass is 127. The van der Waals surface area contributed by atoms with E-state index in [9.17, 15) is 0 Å². The molecule has 138 valence electrons. The molecule has 1 heteroatoms. The summed E-state index contributed by atoms with van der Waals surface area (Å²) in [5, 5.41) is 0. The van der Waals surface area contributed by atoms with E-state index < -0.39 is 0 Å². The van der Waals surface area contributed by atoms with Gasteiger partial charge in [-0.25, -0.2) is 0 Å². The fraction of sp³-hybridized carbons (Fsp3) is 0.909. The van der Waals surface area contributed by atoms with Crippen molar-refractivity contribution in [2.75, 3.05) is 0 Å². The van der Waals surface area contributed by atoms with E-state index in [2.05, 4.69) is 42.5 Å². The third-order valence-electron chi connectivity index (χ3n) is 4.69. The molecule has 0 atom stereocenters. The number of allylic oxidation sites excluding steroid dienone is 2.